The molecule has 1 aromatic heterocycles. The molecule has 0 N–H and O–H groups in total. The van der Waals surface area contributed by atoms with Crippen LogP contribution in [0.2, 0.25) is 0 Å². The molecular formula is C39H40N3P. The summed E-state index contributed by atoms with van der Waals surface area (Å²) in [4.78, 5) is 8.82. The zero-order valence-electron chi connectivity index (χ0n) is 25.5. The molecule has 4 rings (SSSR count). The highest BCUT2D eigenvalue weighted by molar-refractivity contribution is 7.45. The molecular weight excluding hydrogens is 541 g/mol. The largest absolute Gasteiger partial charge is 0.309 e. The molecule has 0 saturated heterocycles. The lowest BCUT2D eigenvalue weighted by molar-refractivity contribution is 0.966. The van der Waals surface area contributed by atoms with Crippen molar-refractivity contribution < 1.29 is 0 Å². The number of nitrogens with zero attached hydrogens (tertiary/aromatic N) is 3. The molecule has 2 unspecified atom stereocenters. The smallest absolute Gasteiger partial charge is 0.0706 e. The van der Waals surface area contributed by atoms with Crippen molar-refractivity contribution in [3.8, 4) is 18.0 Å². The van der Waals surface area contributed by atoms with E-state index in [2.05, 4.69) is 115 Å². The Morgan fingerprint density at radius 1 is 1.14 bits per heavy atom. The number of aliphatic imine (C=N–C) groups is 2. The van der Waals surface area contributed by atoms with Crippen LogP contribution in [0.25, 0.3) is 27.7 Å². The highest BCUT2D eigenvalue weighted by atomic mass is 31.1. The van der Waals surface area contributed by atoms with Crippen LogP contribution in [-0.4, -0.2) is 29.7 Å². The van der Waals surface area contributed by atoms with E-state index >= 15 is 0 Å². The number of para-hydroxylation sites is 1. The van der Waals surface area contributed by atoms with E-state index in [1.54, 1.807) is 6.21 Å². The van der Waals surface area contributed by atoms with Gasteiger partial charge in [0.1, 0.15) is 0 Å². The fourth-order valence-corrected chi connectivity index (χ4v) is 6.85. The van der Waals surface area contributed by atoms with Gasteiger partial charge >= 0.3 is 0 Å². The summed E-state index contributed by atoms with van der Waals surface area (Å²) >= 11 is 0. The minimum atomic E-state index is 0.320. The molecule has 0 fully saturated rings. The summed E-state index contributed by atoms with van der Waals surface area (Å²) in [5.41, 5.74) is 10.3. The van der Waals surface area contributed by atoms with Gasteiger partial charge in [0.15, 0.2) is 0 Å². The summed E-state index contributed by atoms with van der Waals surface area (Å²) in [6.07, 6.45) is 22.8. The van der Waals surface area contributed by atoms with Crippen molar-refractivity contribution >= 4 is 43.6 Å². The fraction of sp³-hybridized carbons (Fsp3) is 0.179. The molecule has 2 heterocycles. The maximum absolute atomic E-state index is 5.44. The number of allylic oxidation sites excluding steroid dienone is 10. The third-order valence-corrected chi connectivity index (χ3v) is 8.99. The molecule has 2 aromatic carbocycles. The fourth-order valence-electron chi connectivity index (χ4n) is 5.43. The van der Waals surface area contributed by atoms with Crippen molar-refractivity contribution in [2.24, 2.45) is 9.98 Å². The Labute approximate surface area is 259 Å². The van der Waals surface area contributed by atoms with Gasteiger partial charge in [0.05, 0.1) is 16.9 Å². The van der Waals surface area contributed by atoms with E-state index < -0.39 is 0 Å². The Hall–Kier alpha value is -4.51. The Morgan fingerprint density at radius 2 is 1.95 bits per heavy atom. The number of hydrogen-bond donors (Lipinski definition) is 0. The Morgan fingerprint density at radius 3 is 2.67 bits per heavy atom. The minimum absolute atomic E-state index is 0.320. The molecule has 0 spiro atoms. The standard InChI is InChI=1S/C39H40N3P/c1-8-12-19-31(16-9-2)35(40-7)24-26-41-25-23-30-18-15-20-32(27-30)42-36-22-14-13-21-34(36)38-33(11-4)37(17-10-3)43-29(6)28(5)39(38)42/h1,9-11,13-22,24,26-27,29,43H,4-5,7,12,23,25H2,2-3,6H3/b16-9-,17-10-,31-19+,35-24-,41-26?. The summed E-state index contributed by atoms with van der Waals surface area (Å²) < 4.78 is 2.39. The third kappa shape index (κ3) is 6.94. The molecule has 0 radical (unpaired) electrons. The van der Waals surface area contributed by atoms with Crippen LogP contribution in [0.15, 0.2) is 131 Å². The average Bonchev–Trinajstić information content (AvgIpc) is 3.31. The summed E-state index contributed by atoms with van der Waals surface area (Å²) in [7, 11) is 0.627. The van der Waals surface area contributed by atoms with Gasteiger partial charge in [-0.1, -0.05) is 95.5 Å². The van der Waals surface area contributed by atoms with Crippen molar-refractivity contribution in [3.63, 3.8) is 0 Å². The molecule has 2 atom stereocenters. The Kier molecular flexibility index (Phi) is 11.0. The van der Waals surface area contributed by atoms with Crippen LogP contribution in [0.1, 0.15) is 44.0 Å². The average molecular weight is 582 g/mol. The second kappa shape index (κ2) is 15.1. The van der Waals surface area contributed by atoms with Crippen LogP contribution in [0.5, 0.6) is 0 Å². The Bertz CT molecular complexity index is 1760. The highest BCUT2D eigenvalue weighted by Gasteiger charge is 2.28. The quantitative estimate of drug-likeness (QED) is 0.0934. The van der Waals surface area contributed by atoms with Gasteiger partial charge in [0, 0.05) is 41.5 Å². The van der Waals surface area contributed by atoms with Crippen LogP contribution in [0.3, 0.4) is 0 Å². The van der Waals surface area contributed by atoms with E-state index in [1.165, 1.54) is 38.6 Å². The summed E-state index contributed by atoms with van der Waals surface area (Å²) in [5.74, 6) is 2.64. The third-order valence-electron chi connectivity index (χ3n) is 7.46. The second-order valence-corrected chi connectivity index (χ2v) is 11.9. The van der Waals surface area contributed by atoms with Gasteiger partial charge in [0.2, 0.25) is 0 Å². The zero-order chi connectivity index (χ0) is 30.8. The molecule has 216 valence electrons. The molecule has 0 amide bonds. The van der Waals surface area contributed by atoms with Crippen molar-refractivity contribution in [1.82, 2.24) is 4.57 Å². The van der Waals surface area contributed by atoms with Crippen LogP contribution < -0.4 is 0 Å². The van der Waals surface area contributed by atoms with E-state index in [9.17, 15) is 0 Å². The van der Waals surface area contributed by atoms with E-state index in [-0.39, 0.29) is 0 Å². The van der Waals surface area contributed by atoms with Gasteiger partial charge in [-0.15, -0.1) is 12.3 Å². The van der Waals surface area contributed by atoms with E-state index in [1.807, 2.05) is 37.3 Å². The predicted octanol–water partition coefficient (Wildman–Crippen LogP) is 9.92. The molecule has 43 heavy (non-hydrogen) atoms. The van der Waals surface area contributed by atoms with Crippen LogP contribution in [0.4, 0.5) is 0 Å². The highest BCUT2D eigenvalue weighted by Crippen LogP contribution is 2.50. The van der Waals surface area contributed by atoms with Gasteiger partial charge in [0.25, 0.3) is 0 Å². The maximum atomic E-state index is 5.44. The summed E-state index contributed by atoms with van der Waals surface area (Å²) in [5, 5.41) is 2.55. The van der Waals surface area contributed by atoms with Crippen molar-refractivity contribution in [2.45, 2.75) is 39.3 Å². The van der Waals surface area contributed by atoms with Crippen LogP contribution >= 0.6 is 8.58 Å². The molecule has 3 nitrogen and oxygen atoms in total. The lowest BCUT2D eigenvalue weighted by atomic mass is 9.97. The Balaban J connectivity index is 1.70. The van der Waals surface area contributed by atoms with Crippen molar-refractivity contribution in [3.05, 3.63) is 138 Å². The second-order valence-electron chi connectivity index (χ2n) is 10.3. The first-order valence-corrected chi connectivity index (χ1v) is 15.7. The first-order valence-electron chi connectivity index (χ1n) is 14.6. The van der Waals surface area contributed by atoms with Crippen molar-refractivity contribution in [1.29, 1.82) is 0 Å². The number of benzene rings is 2. The molecule has 1 aliphatic heterocycles. The van der Waals surface area contributed by atoms with E-state index in [0.29, 0.717) is 27.2 Å². The molecule has 0 saturated carbocycles. The number of fused-ring (bicyclic) bond motifs is 3. The normalized spacial score (nSPS) is 16.9. The lowest BCUT2D eigenvalue weighted by Crippen LogP contribution is -2.06. The first-order chi connectivity index (χ1) is 21.0. The van der Waals surface area contributed by atoms with Gasteiger partial charge in [-0.3, -0.25) is 9.98 Å². The minimum Gasteiger partial charge on any atom is -0.309 e. The predicted molar refractivity (Wildman–Crippen MR) is 193 cm³/mol. The van der Waals surface area contributed by atoms with Crippen LogP contribution in [-0.2, 0) is 6.42 Å². The number of aromatic nitrogens is 1. The summed E-state index contributed by atoms with van der Waals surface area (Å²) in [6.45, 7) is 19.6. The van der Waals surface area contributed by atoms with Gasteiger partial charge < -0.3 is 4.57 Å². The zero-order valence-corrected chi connectivity index (χ0v) is 26.5. The number of terminal acetylenes is 1. The SMILES string of the molecule is C#CC/C=C(\C=C/C)C(=C/C=NCCc1cccc(-n2c3c(c4ccccc42)C(C=C)=C(/C=C\C)PC(C)C3=C)c1)/N=C. The topological polar surface area (TPSA) is 29.6 Å². The van der Waals surface area contributed by atoms with Crippen LogP contribution in [0, 0.1) is 12.3 Å². The lowest BCUT2D eigenvalue weighted by Gasteiger charge is -2.18. The molecule has 0 bridgehead atoms. The number of rotatable bonds is 11. The van der Waals surface area contributed by atoms with Gasteiger partial charge in [-0.05, 0) is 78.9 Å². The number of hydrogen-bond acceptors (Lipinski definition) is 2. The maximum Gasteiger partial charge on any atom is 0.0706 e. The van der Waals surface area contributed by atoms with E-state index in [4.69, 9.17) is 6.42 Å². The van der Waals surface area contributed by atoms with Gasteiger partial charge in [-0.2, -0.15) is 0 Å². The molecule has 3 aromatic rings. The van der Waals surface area contributed by atoms with Crippen molar-refractivity contribution in [2.75, 3.05) is 6.54 Å². The summed E-state index contributed by atoms with van der Waals surface area (Å²) in [6, 6.07) is 17.4. The van der Waals surface area contributed by atoms with Gasteiger partial charge in [-0.25, -0.2) is 0 Å². The molecule has 4 heteroatoms. The first kappa shape index (κ1) is 31.4. The molecule has 1 aliphatic rings. The monoisotopic (exact) mass is 581 g/mol. The molecule has 0 aliphatic carbocycles. The van der Waals surface area contributed by atoms with E-state index in [0.717, 1.165) is 29.0 Å².